The Bertz CT molecular complexity index is 832. The van der Waals surface area contributed by atoms with Crippen LogP contribution in [0.1, 0.15) is 38.5 Å². The third-order valence-electron chi connectivity index (χ3n) is 4.72. The van der Waals surface area contributed by atoms with Crippen LogP contribution in [0.4, 0.5) is 0 Å². The Morgan fingerprint density at radius 3 is 1.61 bits per heavy atom. The Hall–Kier alpha value is -3.99. The minimum atomic E-state index is -1.50. The molecule has 0 aromatic heterocycles. The van der Waals surface area contributed by atoms with Crippen molar-refractivity contribution in [1.82, 2.24) is 16.0 Å². The summed E-state index contributed by atoms with van der Waals surface area (Å²) in [4.78, 5) is 75.2. The van der Waals surface area contributed by atoms with Crippen LogP contribution < -0.4 is 44.6 Å². The largest absolute Gasteiger partial charge is 0.480 e. The summed E-state index contributed by atoms with van der Waals surface area (Å²) in [5.74, 6) is -5.90. The Kier molecular flexibility index (Phi) is 14.8. The van der Waals surface area contributed by atoms with Crippen LogP contribution in [0.2, 0.25) is 0 Å². The molecule has 0 heterocycles. The quantitative estimate of drug-likeness (QED) is 0.0464. The number of carboxylic acids is 1. The average Bonchev–Trinajstić information content (AvgIpc) is 2.79. The van der Waals surface area contributed by atoms with E-state index in [-0.39, 0.29) is 51.0 Å². The summed E-state index contributed by atoms with van der Waals surface area (Å²) < 4.78 is 0. The molecule has 0 aromatic carbocycles. The molecule has 0 saturated heterocycles. The summed E-state index contributed by atoms with van der Waals surface area (Å²) in [5, 5.41) is 25.2. The number of amides is 5. The minimum absolute atomic E-state index is 0.00692. The Morgan fingerprint density at radius 2 is 1.17 bits per heavy atom. The van der Waals surface area contributed by atoms with Gasteiger partial charge in [-0.05, 0) is 25.7 Å². The first-order chi connectivity index (χ1) is 16.8. The molecule has 17 heteroatoms. The highest BCUT2D eigenvalue weighted by Crippen LogP contribution is 2.05. The third-order valence-corrected chi connectivity index (χ3v) is 4.72. The van der Waals surface area contributed by atoms with E-state index in [0.29, 0.717) is 0 Å². The van der Waals surface area contributed by atoms with Gasteiger partial charge in [-0.1, -0.05) is 0 Å². The molecule has 4 atom stereocenters. The first-order valence-corrected chi connectivity index (χ1v) is 10.9. The van der Waals surface area contributed by atoms with Gasteiger partial charge in [0, 0.05) is 19.4 Å². The van der Waals surface area contributed by atoms with Gasteiger partial charge < -0.3 is 54.8 Å². The minimum Gasteiger partial charge on any atom is -0.480 e. The van der Waals surface area contributed by atoms with E-state index < -0.39 is 66.3 Å². The molecule has 0 aliphatic rings. The monoisotopic (exact) mass is 517 g/mol. The molecule has 17 nitrogen and oxygen atoms in total. The van der Waals surface area contributed by atoms with Crippen molar-refractivity contribution in [2.45, 2.75) is 62.7 Å². The van der Waals surface area contributed by atoms with Gasteiger partial charge in [-0.15, -0.1) is 0 Å². The SMILES string of the molecule is NC(=O)CCC(NC(=O)C(CCC(N)=O)NC(=O)C(CCCN=C(N)N)NC(=O)C(N)CO)C(=O)O. The van der Waals surface area contributed by atoms with Gasteiger partial charge in [0.1, 0.15) is 24.2 Å². The number of hydrogen-bond acceptors (Lipinski definition) is 9. The fourth-order valence-electron chi connectivity index (χ4n) is 2.78. The number of primary amides is 2. The van der Waals surface area contributed by atoms with Gasteiger partial charge in [0.15, 0.2) is 5.96 Å². The van der Waals surface area contributed by atoms with Crippen molar-refractivity contribution in [3.63, 3.8) is 0 Å². The third kappa shape index (κ3) is 13.7. The van der Waals surface area contributed by atoms with Crippen LogP contribution in [0, 0.1) is 0 Å². The number of nitrogens with zero attached hydrogens (tertiary/aromatic N) is 1. The summed E-state index contributed by atoms with van der Waals surface area (Å²) in [7, 11) is 0. The molecular formula is C19H35N9O8. The average molecular weight is 518 g/mol. The van der Waals surface area contributed by atoms with Crippen LogP contribution >= 0.6 is 0 Å². The number of carboxylic acid groups (broad SMARTS) is 1. The van der Waals surface area contributed by atoms with Crippen molar-refractivity contribution >= 4 is 41.5 Å². The lowest BCUT2D eigenvalue weighted by molar-refractivity contribution is -0.142. The zero-order valence-corrected chi connectivity index (χ0v) is 19.6. The maximum atomic E-state index is 12.9. The van der Waals surface area contributed by atoms with E-state index in [1.54, 1.807) is 0 Å². The number of aliphatic carboxylic acids is 1. The highest BCUT2D eigenvalue weighted by Gasteiger charge is 2.30. The second kappa shape index (κ2) is 16.6. The number of aliphatic hydroxyl groups excluding tert-OH is 1. The van der Waals surface area contributed by atoms with E-state index in [4.69, 9.17) is 33.8 Å². The number of guanidine groups is 1. The Morgan fingerprint density at radius 1 is 0.722 bits per heavy atom. The fourth-order valence-corrected chi connectivity index (χ4v) is 2.78. The molecule has 0 aliphatic heterocycles. The summed E-state index contributed by atoms with van der Waals surface area (Å²) >= 11 is 0. The van der Waals surface area contributed by atoms with Crippen molar-refractivity contribution in [3.8, 4) is 0 Å². The molecule has 0 bridgehead atoms. The molecule has 36 heavy (non-hydrogen) atoms. The second-order valence-corrected chi connectivity index (χ2v) is 7.77. The second-order valence-electron chi connectivity index (χ2n) is 7.77. The van der Waals surface area contributed by atoms with E-state index in [2.05, 4.69) is 20.9 Å². The molecule has 0 aliphatic carbocycles. The van der Waals surface area contributed by atoms with Gasteiger partial charge in [-0.3, -0.25) is 29.0 Å². The molecule has 0 radical (unpaired) electrons. The topological polar surface area (TPSA) is 321 Å². The zero-order valence-electron chi connectivity index (χ0n) is 19.6. The number of rotatable bonds is 18. The standard InChI is InChI=1S/C19H35N9O8/c20-9(8-29)15(32)26-10(2-1-7-25-19(23)24)16(33)27-11(3-5-13(21)30)17(34)28-12(18(35)36)4-6-14(22)31/h9-12,29H,1-8,20H2,(H2,21,30)(H2,22,31)(H,26,32)(H,27,33)(H,28,34)(H,35,36)(H4,23,24,25). The first-order valence-electron chi connectivity index (χ1n) is 10.9. The molecule has 0 spiro atoms. The Balaban J connectivity index is 5.62. The number of carbonyl (C=O) groups is 6. The van der Waals surface area contributed by atoms with Crippen LogP contribution in [0.3, 0.4) is 0 Å². The zero-order chi connectivity index (χ0) is 27.8. The number of aliphatic hydroxyl groups is 1. The number of nitrogens with two attached hydrogens (primary N) is 5. The first kappa shape index (κ1) is 32.0. The van der Waals surface area contributed by atoms with Crippen LogP contribution in [-0.4, -0.2) is 89.0 Å². The van der Waals surface area contributed by atoms with E-state index in [9.17, 15) is 33.9 Å². The lowest BCUT2D eigenvalue weighted by Crippen LogP contribution is -2.57. The normalized spacial score (nSPS) is 13.8. The number of aliphatic imine (C=N–C) groups is 1. The Labute approximate surface area is 206 Å². The maximum absolute atomic E-state index is 12.9. The van der Waals surface area contributed by atoms with Crippen LogP contribution in [0.5, 0.6) is 0 Å². The lowest BCUT2D eigenvalue weighted by Gasteiger charge is -2.25. The molecule has 15 N–H and O–H groups in total. The van der Waals surface area contributed by atoms with Crippen molar-refractivity contribution in [1.29, 1.82) is 0 Å². The summed E-state index contributed by atoms with van der Waals surface area (Å²) in [6.45, 7) is -0.584. The summed E-state index contributed by atoms with van der Waals surface area (Å²) in [6.07, 6.45) is -1.06. The van der Waals surface area contributed by atoms with E-state index in [0.717, 1.165) is 0 Å². The molecule has 0 fully saturated rings. The van der Waals surface area contributed by atoms with Crippen LogP contribution in [0.15, 0.2) is 4.99 Å². The van der Waals surface area contributed by atoms with Gasteiger partial charge in [-0.25, -0.2) is 4.79 Å². The van der Waals surface area contributed by atoms with Crippen LogP contribution in [0.25, 0.3) is 0 Å². The molecule has 0 rings (SSSR count). The molecule has 0 aromatic rings. The maximum Gasteiger partial charge on any atom is 0.326 e. The van der Waals surface area contributed by atoms with Crippen molar-refractivity contribution in [3.05, 3.63) is 0 Å². The summed E-state index contributed by atoms with van der Waals surface area (Å²) in [6, 6.07) is -5.51. The van der Waals surface area contributed by atoms with Crippen LogP contribution in [-0.2, 0) is 28.8 Å². The van der Waals surface area contributed by atoms with Crippen molar-refractivity contribution < 1.29 is 39.0 Å². The predicted octanol–water partition coefficient (Wildman–Crippen LogP) is -5.57. The van der Waals surface area contributed by atoms with Gasteiger partial charge in [-0.2, -0.15) is 0 Å². The smallest absolute Gasteiger partial charge is 0.326 e. The molecule has 0 saturated carbocycles. The molecular weight excluding hydrogens is 482 g/mol. The highest BCUT2D eigenvalue weighted by molar-refractivity contribution is 5.94. The molecule has 5 amide bonds. The van der Waals surface area contributed by atoms with E-state index >= 15 is 0 Å². The highest BCUT2D eigenvalue weighted by atomic mass is 16.4. The van der Waals surface area contributed by atoms with E-state index in [1.807, 2.05) is 0 Å². The van der Waals surface area contributed by atoms with Gasteiger partial charge in [0.05, 0.1) is 6.61 Å². The van der Waals surface area contributed by atoms with Gasteiger partial charge in [0.25, 0.3) is 0 Å². The van der Waals surface area contributed by atoms with Gasteiger partial charge in [0.2, 0.25) is 29.5 Å². The lowest BCUT2D eigenvalue weighted by atomic mass is 10.1. The number of carbonyl (C=O) groups excluding carboxylic acids is 5. The molecule has 4 unspecified atom stereocenters. The number of nitrogens with one attached hydrogen (secondary N) is 3. The predicted molar refractivity (Wildman–Crippen MR) is 125 cm³/mol. The van der Waals surface area contributed by atoms with E-state index in [1.165, 1.54) is 0 Å². The number of hydrogen-bond donors (Lipinski definition) is 10. The summed E-state index contributed by atoms with van der Waals surface area (Å²) in [5.41, 5.74) is 26.1. The van der Waals surface area contributed by atoms with Crippen molar-refractivity contribution in [2.24, 2.45) is 33.7 Å². The van der Waals surface area contributed by atoms with Crippen molar-refractivity contribution in [2.75, 3.05) is 13.2 Å². The molecule has 204 valence electrons. The fraction of sp³-hybridized carbons (Fsp3) is 0.632. The van der Waals surface area contributed by atoms with Gasteiger partial charge >= 0.3 is 5.97 Å².